The molecule has 1 aromatic rings. The molecule has 0 bridgehead atoms. The maximum Gasteiger partial charge on any atom is 0.253 e. The van der Waals surface area contributed by atoms with Gasteiger partial charge in [0.25, 0.3) is 5.91 Å². The van der Waals surface area contributed by atoms with E-state index in [-0.39, 0.29) is 17.8 Å². The van der Waals surface area contributed by atoms with E-state index in [9.17, 15) is 4.79 Å². The molecule has 1 fully saturated rings. The van der Waals surface area contributed by atoms with Crippen LogP contribution in [0.2, 0.25) is 5.02 Å². The summed E-state index contributed by atoms with van der Waals surface area (Å²) in [5.74, 6) is 0.122. The van der Waals surface area contributed by atoms with E-state index in [1.807, 2.05) is 0 Å². The van der Waals surface area contributed by atoms with Crippen LogP contribution in [0.3, 0.4) is 0 Å². The number of nitrogens with one attached hydrogen (secondary N) is 1. The maximum atomic E-state index is 12.1. The number of nitrogens with zero attached hydrogens (tertiary/aromatic N) is 1. The van der Waals surface area contributed by atoms with Crippen LogP contribution < -0.4 is 11.1 Å². The number of anilines is 1. The number of carbonyl (C=O) groups is 1. The summed E-state index contributed by atoms with van der Waals surface area (Å²) in [5, 5.41) is 3.36. The molecule has 0 aliphatic heterocycles. The quantitative estimate of drug-likeness (QED) is 0.875. The summed E-state index contributed by atoms with van der Waals surface area (Å²) in [6.07, 6.45) is 5.78. The largest absolute Gasteiger partial charge is 0.382 e. The molecule has 1 saturated carbocycles. The molecule has 0 atom stereocenters. The molecule has 0 unspecified atom stereocenters. The van der Waals surface area contributed by atoms with Gasteiger partial charge in [-0.1, -0.05) is 25.4 Å². The minimum Gasteiger partial charge on any atom is -0.382 e. The molecule has 0 aromatic carbocycles. The second-order valence-electron chi connectivity index (χ2n) is 6.00. The molecule has 0 saturated heterocycles. The van der Waals surface area contributed by atoms with Crippen molar-refractivity contribution in [1.82, 2.24) is 10.3 Å². The van der Waals surface area contributed by atoms with Gasteiger partial charge in [0.2, 0.25) is 0 Å². The number of aromatic nitrogens is 1. The molecule has 1 amide bonds. The lowest BCUT2D eigenvalue weighted by atomic mass is 9.75. The highest BCUT2D eigenvalue weighted by Gasteiger charge is 2.27. The molecule has 5 heteroatoms. The zero-order valence-electron chi connectivity index (χ0n) is 11.4. The van der Waals surface area contributed by atoms with E-state index in [0.29, 0.717) is 16.0 Å². The van der Waals surface area contributed by atoms with Gasteiger partial charge in [0, 0.05) is 12.2 Å². The molecule has 19 heavy (non-hydrogen) atoms. The molecule has 1 aromatic heterocycles. The molecule has 4 nitrogen and oxygen atoms in total. The number of halogens is 1. The standard InChI is InChI=1S/C14H20ClN3O/c1-14(2)5-3-10(4-6-14)18-13(19)9-7-11(15)12(16)17-8-9/h7-8,10H,3-6H2,1-2H3,(H2,16,17)(H,18,19). The van der Waals surface area contributed by atoms with Crippen molar-refractivity contribution in [2.75, 3.05) is 5.73 Å². The predicted octanol–water partition coefficient (Wildman–Crippen LogP) is 3.02. The van der Waals surface area contributed by atoms with E-state index in [1.165, 1.54) is 6.20 Å². The van der Waals surface area contributed by atoms with Gasteiger partial charge in [-0.05, 0) is 37.2 Å². The summed E-state index contributed by atoms with van der Waals surface area (Å²) in [4.78, 5) is 16.0. The Labute approximate surface area is 118 Å². The Morgan fingerprint density at radius 3 is 2.68 bits per heavy atom. The first-order chi connectivity index (χ1) is 8.87. The van der Waals surface area contributed by atoms with Crippen molar-refractivity contribution in [3.05, 3.63) is 22.8 Å². The molecule has 0 spiro atoms. The molecule has 0 radical (unpaired) electrons. The average molecular weight is 282 g/mol. The van der Waals surface area contributed by atoms with Gasteiger partial charge in [0.05, 0.1) is 10.6 Å². The lowest BCUT2D eigenvalue weighted by molar-refractivity contribution is 0.0908. The van der Waals surface area contributed by atoms with Crippen LogP contribution in [-0.4, -0.2) is 16.9 Å². The summed E-state index contributed by atoms with van der Waals surface area (Å²) in [7, 11) is 0. The summed E-state index contributed by atoms with van der Waals surface area (Å²) >= 11 is 5.87. The highest BCUT2D eigenvalue weighted by molar-refractivity contribution is 6.33. The van der Waals surface area contributed by atoms with Gasteiger partial charge in [-0.15, -0.1) is 0 Å². The summed E-state index contributed by atoms with van der Waals surface area (Å²) in [6.45, 7) is 4.55. The first-order valence-electron chi connectivity index (χ1n) is 6.59. The van der Waals surface area contributed by atoms with Gasteiger partial charge in [-0.25, -0.2) is 4.98 Å². The van der Waals surface area contributed by atoms with Crippen molar-refractivity contribution in [2.24, 2.45) is 5.41 Å². The number of amides is 1. The predicted molar refractivity (Wildman–Crippen MR) is 77.2 cm³/mol. The maximum absolute atomic E-state index is 12.1. The van der Waals surface area contributed by atoms with E-state index in [1.54, 1.807) is 6.07 Å². The van der Waals surface area contributed by atoms with Crippen LogP contribution in [0.15, 0.2) is 12.3 Å². The summed E-state index contributed by atoms with van der Waals surface area (Å²) in [5.41, 5.74) is 6.39. The lowest BCUT2D eigenvalue weighted by Crippen LogP contribution is -2.39. The monoisotopic (exact) mass is 281 g/mol. The average Bonchev–Trinajstić information content (AvgIpc) is 2.35. The van der Waals surface area contributed by atoms with Crippen molar-refractivity contribution in [3.63, 3.8) is 0 Å². The number of carbonyl (C=O) groups excluding carboxylic acids is 1. The summed E-state index contributed by atoms with van der Waals surface area (Å²) < 4.78 is 0. The molecule has 1 heterocycles. The zero-order chi connectivity index (χ0) is 14.0. The fourth-order valence-electron chi connectivity index (χ4n) is 2.38. The van der Waals surface area contributed by atoms with Gasteiger partial charge < -0.3 is 11.1 Å². The minimum absolute atomic E-state index is 0.126. The van der Waals surface area contributed by atoms with Crippen LogP contribution in [0, 0.1) is 5.41 Å². The molecular weight excluding hydrogens is 262 g/mol. The third kappa shape index (κ3) is 3.60. The number of hydrogen-bond donors (Lipinski definition) is 2. The highest BCUT2D eigenvalue weighted by Crippen LogP contribution is 2.35. The SMILES string of the molecule is CC1(C)CCC(NC(=O)c2cnc(N)c(Cl)c2)CC1. The topological polar surface area (TPSA) is 68.0 Å². The number of nitrogen functional groups attached to an aromatic ring is 1. The van der Waals surface area contributed by atoms with Crippen LogP contribution in [0.5, 0.6) is 0 Å². The number of hydrogen-bond acceptors (Lipinski definition) is 3. The van der Waals surface area contributed by atoms with Crippen molar-refractivity contribution < 1.29 is 4.79 Å². The van der Waals surface area contributed by atoms with E-state index in [0.717, 1.165) is 25.7 Å². The van der Waals surface area contributed by atoms with Crippen LogP contribution in [0.25, 0.3) is 0 Å². The Bertz CT molecular complexity index is 478. The van der Waals surface area contributed by atoms with Crippen LogP contribution in [-0.2, 0) is 0 Å². The number of nitrogens with two attached hydrogens (primary N) is 1. The molecule has 104 valence electrons. The van der Waals surface area contributed by atoms with E-state index in [2.05, 4.69) is 24.1 Å². The molecule has 3 N–H and O–H groups in total. The van der Waals surface area contributed by atoms with Crippen LogP contribution in [0.4, 0.5) is 5.82 Å². The van der Waals surface area contributed by atoms with Crippen LogP contribution in [0.1, 0.15) is 49.9 Å². The van der Waals surface area contributed by atoms with Crippen molar-refractivity contribution >= 4 is 23.3 Å². The van der Waals surface area contributed by atoms with Crippen molar-refractivity contribution in [2.45, 2.75) is 45.6 Å². The van der Waals surface area contributed by atoms with Gasteiger partial charge in [-0.2, -0.15) is 0 Å². The highest BCUT2D eigenvalue weighted by atomic mass is 35.5. The second-order valence-corrected chi connectivity index (χ2v) is 6.41. The Kier molecular flexibility index (Phi) is 3.99. The first-order valence-corrected chi connectivity index (χ1v) is 6.97. The summed E-state index contributed by atoms with van der Waals surface area (Å²) in [6, 6.07) is 1.81. The van der Waals surface area contributed by atoms with Gasteiger partial charge in [0.15, 0.2) is 0 Å². The Balaban J connectivity index is 1.96. The normalized spacial score (nSPS) is 19.1. The van der Waals surface area contributed by atoms with Crippen molar-refractivity contribution in [3.8, 4) is 0 Å². The Morgan fingerprint density at radius 1 is 1.47 bits per heavy atom. The third-order valence-corrected chi connectivity index (χ3v) is 4.11. The Hall–Kier alpha value is -1.29. The fourth-order valence-corrected chi connectivity index (χ4v) is 2.55. The van der Waals surface area contributed by atoms with E-state index < -0.39 is 0 Å². The molecule has 1 aliphatic carbocycles. The first kappa shape index (κ1) is 14.1. The molecular formula is C14H20ClN3O. The van der Waals surface area contributed by atoms with Crippen LogP contribution >= 0.6 is 11.6 Å². The van der Waals surface area contributed by atoms with E-state index in [4.69, 9.17) is 17.3 Å². The Morgan fingerprint density at radius 2 is 2.11 bits per heavy atom. The smallest absolute Gasteiger partial charge is 0.253 e. The second kappa shape index (κ2) is 5.37. The lowest BCUT2D eigenvalue weighted by Gasteiger charge is -2.34. The fraction of sp³-hybridized carbons (Fsp3) is 0.571. The van der Waals surface area contributed by atoms with E-state index >= 15 is 0 Å². The molecule has 2 rings (SSSR count). The number of pyridine rings is 1. The third-order valence-electron chi connectivity index (χ3n) is 3.81. The van der Waals surface area contributed by atoms with Gasteiger partial charge in [0.1, 0.15) is 5.82 Å². The van der Waals surface area contributed by atoms with Gasteiger partial charge >= 0.3 is 0 Å². The van der Waals surface area contributed by atoms with Crippen molar-refractivity contribution in [1.29, 1.82) is 0 Å². The zero-order valence-corrected chi connectivity index (χ0v) is 12.1. The minimum atomic E-state index is -0.126. The van der Waals surface area contributed by atoms with Gasteiger partial charge in [-0.3, -0.25) is 4.79 Å². The number of rotatable bonds is 2. The molecule has 1 aliphatic rings.